The first kappa shape index (κ1) is 8.72. The van der Waals surface area contributed by atoms with Crippen molar-refractivity contribution in [1.29, 1.82) is 5.26 Å². The highest BCUT2D eigenvalue weighted by Crippen LogP contribution is 2.15. The Morgan fingerprint density at radius 3 is 2.75 bits per heavy atom. The molecule has 12 heavy (non-hydrogen) atoms. The molecule has 3 nitrogen and oxygen atoms in total. The number of hydrogen-bond acceptors (Lipinski definition) is 3. The van der Waals surface area contributed by atoms with E-state index in [1.165, 1.54) is 0 Å². The number of aliphatic hydroxyl groups excluding tert-OH is 1. The molecule has 0 heterocycles. The van der Waals surface area contributed by atoms with E-state index in [9.17, 15) is 5.11 Å². The average molecular weight is 162 g/mol. The van der Waals surface area contributed by atoms with E-state index in [1.807, 2.05) is 6.07 Å². The minimum Gasteiger partial charge on any atom is -0.387 e. The third-order valence-corrected chi connectivity index (χ3v) is 1.66. The van der Waals surface area contributed by atoms with Gasteiger partial charge < -0.3 is 10.8 Å². The van der Waals surface area contributed by atoms with Crippen LogP contribution in [0.5, 0.6) is 0 Å². The van der Waals surface area contributed by atoms with E-state index >= 15 is 0 Å². The van der Waals surface area contributed by atoms with Crippen LogP contribution < -0.4 is 5.73 Å². The SMILES string of the molecule is N#Cc1ccccc1[C@@H](O)CN. The molecule has 0 fully saturated rings. The highest BCUT2D eigenvalue weighted by atomic mass is 16.3. The zero-order chi connectivity index (χ0) is 8.97. The highest BCUT2D eigenvalue weighted by Gasteiger charge is 2.08. The second-order valence-corrected chi connectivity index (χ2v) is 2.45. The predicted molar refractivity (Wildman–Crippen MR) is 45.2 cm³/mol. The van der Waals surface area contributed by atoms with Gasteiger partial charge in [-0.2, -0.15) is 5.26 Å². The average Bonchev–Trinajstić information content (AvgIpc) is 2.16. The van der Waals surface area contributed by atoms with Crippen molar-refractivity contribution in [3.05, 3.63) is 35.4 Å². The largest absolute Gasteiger partial charge is 0.387 e. The van der Waals surface area contributed by atoms with Crippen LogP contribution in [0.25, 0.3) is 0 Å². The van der Waals surface area contributed by atoms with Crippen molar-refractivity contribution in [2.45, 2.75) is 6.10 Å². The van der Waals surface area contributed by atoms with Crippen molar-refractivity contribution in [3.63, 3.8) is 0 Å². The standard InChI is InChI=1S/C9H10N2O/c10-5-7-3-1-2-4-8(7)9(12)6-11/h1-4,9,12H,6,11H2/t9-/m0/s1. The Labute approximate surface area is 71.1 Å². The maximum absolute atomic E-state index is 9.37. The lowest BCUT2D eigenvalue weighted by Gasteiger charge is -2.08. The molecule has 0 spiro atoms. The van der Waals surface area contributed by atoms with Gasteiger partial charge in [0.1, 0.15) is 0 Å². The second-order valence-electron chi connectivity index (χ2n) is 2.45. The van der Waals surface area contributed by atoms with Crippen LogP contribution in [0.3, 0.4) is 0 Å². The van der Waals surface area contributed by atoms with Gasteiger partial charge in [0.15, 0.2) is 0 Å². The zero-order valence-corrected chi connectivity index (χ0v) is 6.57. The van der Waals surface area contributed by atoms with Crippen molar-refractivity contribution in [2.24, 2.45) is 5.73 Å². The van der Waals surface area contributed by atoms with Crippen LogP contribution in [0.15, 0.2) is 24.3 Å². The molecule has 0 aromatic heterocycles. The van der Waals surface area contributed by atoms with Crippen LogP contribution in [0.4, 0.5) is 0 Å². The maximum Gasteiger partial charge on any atom is 0.0995 e. The number of nitriles is 1. The minimum atomic E-state index is -0.735. The molecule has 62 valence electrons. The molecule has 1 atom stereocenters. The van der Waals surface area contributed by atoms with Crippen molar-refractivity contribution >= 4 is 0 Å². The molecular formula is C9H10N2O. The van der Waals surface area contributed by atoms with Crippen LogP contribution in [0.1, 0.15) is 17.2 Å². The third-order valence-electron chi connectivity index (χ3n) is 1.66. The van der Waals surface area contributed by atoms with E-state index < -0.39 is 6.10 Å². The molecule has 0 amide bonds. The molecule has 3 heteroatoms. The van der Waals surface area contributed by atoms with Gasteiger partial charge in [-0.25, -0.2) is 0 Å². The van der Waals surface area contributed by atoms with Gasteiger partial charge in [0.25, 0.3) is 0 Å². The Hall–Kier alpha value is -1.37. The summed E-state index contributed by atoms with van der Waals surface area (Å²) in [5.74, 6) is 0. The normalized spacial score (nSPS) is 12.1. The molecule has 0 unspecified atom stereocenters. The number of nitrogens with two attached hydrogens (primary N) is 1. The molecule has 0 saturated carbocycles. The number of benzene rings is 1. The summed E-state index contributed by atoms with van der Waals surface area (Å²) in [5, 5.41) is 18.0. The molecule has 3 N–H and O–H groups in total. The van der Waals surface area contributed by atoms with Crippen molar-refractivity contribution < 1.29 is 5.11 Å². The Kier molecular flexibility index (Phi) is 2.81. The van der Waals surface area contributed by atoms with Gasteiger partial charge in [-0.05, 0) is 11.6 Å². The van der Waals surface area contributed by atoms with Crippen LogP contribution >= 0.6 is 0 Å². The van der Waals surface area contributed by atoms with Crippen LogP contribution in [0.2, 0.25) is 0 Å². The monoisotopic (exact) mass is 162 g/mol. The van der Waals surface area contributed by atoms with E-state index in [2.05, 4.69) is 0 Å². The summed E-state index contributed by atoms with van der Waals surface area (Å²) in [4.78, 5) is 0. The molecule has 0 saturated heterocycles. The zero-order valence-electron chi connectivity index (χ0n) is 6.57. The molecular weight excluding hydrogens is 152 g/mol. The molecule has 0 aliphatic carbocycles. The predicted octanol–water partition coefficient (Wildman–Crippen LogP) is 0.550. The Morgan fingerprint density at radius 1 is 1.50 bits per heavy atom. The number of rotatable bonds is 2. The topological polar surface area (TPSA) is 70.0 Å². The van der Waals surface area contributed by atoms with Gasteiger partial charge in [0, 0.05) is 6.54 Å². The van der Waals surface area contributed by atoms with E-state index in [1.54, 1.807) is 24.3 Å². The van der Waals surface area contributed by atoms with Gasteiger partial charge in [0.2, 0.25) is 0 Å². The molecule has 0 bridgehead atoms. The van der Waals surface area contributed by atoms with E-state index in [0.29, 0.717) is 11.1 Å². The summed E-state index contributed by atoms with van der Waals surface area (Å²) in [6.45, 7) is 0.138. The lowest BCUT2D eigenvalue weighted by atomic mass is 10.0. The van der Waals surface area contributed by atoms with Gasteiger partial charge >= 0.3 is 0 Å². The summed E-state index contributed by atoms with van der Waals surface area (Å²) in [6, 6.07) is 8.89. The summed E-state index contributed by atoms with van der Waals surface area (Å²) >= 11 is 0. The minimum absolute atomic E-state index is 0.138. The molecule has 1 aromatic rings. The van der Waals surface area contributed by atoms with Crippen LogP contribution in [-0.2, 0) is 0 Å². The second kappa shape index (κ2) is 3.86. The van der Waals surface area contributed by atoms with Crippen molar-refractivity contribution in [2.75, 3.05) is 6.54 Å². The molecule has 1 aromatic carbocycles. The smallest absolute Gasteiger partial charge is 0.0995 e. The molecule has 0 aliphatic rings. The van der Waals surface area contributed by atoms with Crippen molar-refractivity contribution in [1.82, 2.24) is 0 Å². The Balaban J connectivity index is 3.07. The van der Waals surface area contributed by atoms with Crippen molar-refractivity contribution in [3.8, 4) is 6.07 Å². The highest BCUT2D eigenvalue weighted by molar-refractivity contribution is 5.38. The van der Waals surface area contributed by atoms with Crippen LogP contribution in [-0.4, -0.2) is 11.7 Å². The quantitative estimate of drug-likeness (QED) is 0.667. The maximum atomic E-state index is 9.37. The Bertz CT molecular complexity index is 304. The fourth-order valence-corrected chi connectivity index (χ4v) is 1.02. The van der Waals surface area contributed by atoms with Gasteiger partial charge in [-0.15, -0.1) is 0 Å². The lowest BCUT2D eigenvalue weighted by molar-refractivity contribution is 0.186. The van der Waals surface area contributed by atoms with Gasteiger partial charge in [-0.3, -0.25) is 0 Å². The van der Waals surface area contributed by atoms with E-state index in [4.69, 9.17) is 11.0 Å². The summed E-state index contributed by atoms with van der Waals surface area (Å²) in [6.07, 6.45) is -0.735. The van der Waals surface area contributed by atoms with E-state index in [-0.39, 0.29) is 6.54 Å². The first-order valence-corrected chi connectivity index (χ1v) is 3.66. The van der Waals surface area contributed by atoms with Crippen LogP contribution in [0, 0.1) is 11.3 Å². The Morgan fingerprint density at radius 2 is 2.17 bits per heavy atom. The first-order chi connectivity index (χ1) is 5.79. The molecule has 0 radical (unpaired) electrons. The van der Waals surface area contributed by atoms with Gasteiger partial charge in [0.05, 0.1) is 17.7 Å². The lowest BCUT2D eigenvalue weighted by Crippen LogP contribution is -2.12. The molecule has 1 rings (SSSR count). The fraction of sp³-hybridized carbons (Fsp3) is 0.222. The van der Waals surface area contributed by atoms with Gasteiger partial charge in [-0.1, -0.05) is 18.2 Å². The fourth-order valence-electron chi connectivity index (χ4n) is 1.02. The molecule has 0 aliphatic heterocycles. The number of nitrogens with zero attached hydrogens (tertiary/aromatic N) is 1. The number of aliphatic hydroxyl groups is 1. The summed E-state index contributed by atoms with van der Waals surface area (Å²) in [7, 11) is 0. The summed E-state index contributed by atoms with van der Waals surface area (Å²) in [5.41, 5.74) is 6.35. The summed E-state index contributed by atoms with van der Waals surface area (Å²) < 4.78 is 0. The van der Waals surface area contributed by atoms with E-state index in [0.717, 1.165) is 0 Å². The third kappa shape index (κ3) is 1.62. The number of hydrogen-bond donors (Lipinski definition) is 2. The first-order valence-electron chi connectivity index (χ1n) is 3.66.